The second-order valence-electron chi connectivity index (χ2n) is 3.37. The van der Waals surface area contributed by atoms with Crippen LogP contribution < -0.4 is 11.3 Å². The van der Waals surface area contributed by atoms with Crippen molar-refractivity contribution in [3.8, 4) is 0 Å². The van der Waals surface area contributed by atoms with Crippen molar-refractivity contribution in [3.63, 3.8) is 0 Å². The number of amides is 4. The van der Waals surface area contributed by atoms with E-state index in [2.05, 4.69) is 12.1 Å². The molecule has 0 aromatic rings. The predicted molar refractivity (Wildman–Crippen MR) is 55.3 cm³/mol. The van der Waals surface area contributed by atoms with Crippen LogP contribution >= 0.6 is 0 Å². The number of imide groups is 2. The SMILES string of the molecule is C=CC(=O)N(NN1C(=O)CC(N)C1=O)C(C)=O. The van der Waals surface area contributed by atoms with E-state index in [1.165, 1.54) is 0 Å². The van der Waals surface area contributed by atoms with E-state index in [4.69, 9.17) is 5.73 Å². The average Bonchev–Trinajstić information content (AvgIpc) is 2.49. The van der Waals surface area contributed by atoms with E-state index in [1.807, 2.05) is 0 Å². The summed E-state index contributed by atoms with van der Waals surface area (Å²) < 4.78 is 0. The Labute approximate surface area is 97.0 Å². The Kier molecular flexibility index (Phi) is 3.71. The second kappa shape index (κ2) is 4.85. The standard InChI is InChI=1S/C9H12N4O4/c1-3-7(15)12(5(2)14)11-13-8(16)4-6(10)9(13)17/h3,6,11H,1,4,10H2,2H3. The Bertz CT molecular complexity index is 406. The molecule has 92 valence electrons. The summed E-state index contributed by atoms with van der Waals surface area (Å²) in [6, 6.07) is -0.956. The maximum Gasteiger partial charge on any atom is 0.268 e. The molecule has 0 bridgehead atoms. The molecule has 0 aromatic carbocycles. The molecular weight excluding hydrogens is 228 g/mol. The molecule has 0 aliphatic carbocycles. The van der Waals surface area contributed by atoms with Crippen LogP contribution in [0.5, 0.6) is 0 Å². The summed E-state index contributed by atoms with van der Waals surface area (Å²) in [5.74, 6) is -2.77. The molecule has 8 heteroatoms. The zero-order valence-corrected chi connectivity index (χ0v) is 9.17. The minimum atomic E-state index is -0.956. The molecular formula is C9H12N4O4. The first-order chi connectivity index (χ1) is 7.88. The molecule has 3 N–H and O–H groups in total. The first-order valence-corrected chi connectivity index (χ1v) is 4.74. The lowest BCUT2D eigenvalue weighted by molar-refractivity contribution is -0.158. The maximum atomic E-state index is 11.4. The molecule has 4 amide bonds. The summed E-state index contributed by atoms with van der Waals surface area (Å²) in [4.78, 5) is 45.2. The van der Waals surface area contributed by atoms with Crippen molar-refractivity contribution in [2.45, 2.75) is 19.4 Å². The van der Waals surface area contributed by atoms with Crippen molar-refractivity contribution < 1.29 is 19.2 Å². The van der Waals surface area contributed by atoms with Crippen molar-refractivity contribution >= 4 is 23.6 Å². The van der Waals surface area contributed by atoms with E-state index in [0.717, 1.165) is 13.0 Å². The average molecular weight is 240 g/mol. The molecule has 0 saturated carbocycles. The quantitative estimate of drug-likeness (QED) is 0.337. The maximum absolute atomic E-state index is 11.4. The number of nitrogens with one attached hydrogen (secondary N) is 1. The van der Waals surface area contributed by atoms with E-state index in [0.29, 0.717) is 10.0 Å². The van der Waals surface area contributed by atoms with Gasteiger partial charge in [-0.2, -0.15) is 10.0 Å². The van der Waals surface area contributed by atoms with Crippen LogP contribution in [0.3, 0.4) is 0 Å². The Morgan fingerprint density at radius 3 is 2.53 bits per heavy atom. The van der Waals surface area contributed by atoms with Gasteiger partial charge < -0.3 is 5.73 Å². The van der Waals surface area contributed by atoms with E-state index < -0.39 is 29.7 Å². The number of nitrogens with two attached hydrogens (primary N) is 1. The zero-order valence-electron chi connectivity index (χ0n) is 9.17. The van der Waals surface area contributed by atoms with Gasteiger partial charge in [-0.3, -0.25) is 19.2 Å². The van der Waals surface area contributed by atoms with Crippen LogP contribution in [0, 0.1) is 0 Å². The summed E-state index contributed by atoms with van der Waals surface area (Å²) in [5.41, 5.74) is 7.47. The fourth-order valence-electron chi connectivity index (χ4n) is 1.23. The molecule has 17 heavy (non-hydrogen) atoms. The molecule has 1 unspecified atom stereocenters. The van der Waals surface area contributed by atoms with Crippen LogP contribution in [-0.2, 0) is 19.2 Å². The topological polar surface area (TPSA) is 113 Å². The van der Waals surface area contributed by atoms with Gasteiger partial charge in [0.2, 0.25) is 11.8 Å². The fourth-order valence-corrected chi connectivity index (χ4v) is 1.23. The van der Waals surface area contributed by atoms with Crippen LogP contribution in [0.2, 0.25) is 0 Å². The van der Waals surface area contributed by atoms with Gasteiger partial charge in [0, 0.05) is 6.92 Å². The first-order valence-electron chi connectivity index (χ1n) is 4.74. The van der Waals surface area contributed by atoms with E-state index in [1.54, 1.807) is 0 Å². The van der Waals surface area contributed by atoms with Gasteiger partial charge in [0.1, 0.15) is 0 Å². The fraction of sp³-hybridized carbons (Fsp3) is 0.333. The number of carbonyl (C=O) groups is 4. The number of rotatable bonds is 3. The highest BCUT2D eigenvalue weighted by atomic mass is 16.2. The monoisotopic (exact) mass is 240 g/mol. The number of hydrogen-bond donors (Lipinski definition) is 2. The van der Waals surface area contributed by atoms with E-state index in [-0.39, 0.29) is 6.42 Å². The minimum absolute atomic E-state index is 0.167. The van der Waals surface area contributed by atoms with Gasteiger partial charge in [0.05, 0.1) is 12.5 Å². The van der Waals surface area contributed by atoms with Crippen molar-refractivity contribution in [3.05, 3.63) is 12.7 Å². The smallest absolute Gasteiger partial charge is 0.268 e. The van der Waals surface area contributed by atoms with Crippen molar-refractivity contribution in [2.75, 3.05) is 0 Å². The Balaban J connectivity index is 2.84. The summed E-state index contributed by atoms with van der Waals surface area (Å²) in [5, 5.41) is 1.05. The van der Waals surface area contributed by atoms with Gasteiger partial charge in [-0.1, -0.05) is 6.58 Å². The lowest BCUT2D eigenvalue weighted by Crippen LogP contribution is -2.56. The van der Waals surface area contributed by atoms with Gasteiger partial charge in [-0.05, 0) is 6.08 Å². The van der Waals surface area contributed by atoms with Gasteiger partial charge in [-0.25, -0.2) is 0 Å². The third kappa shape index (κ3) is 2.55. The largest absolute Gasteiger partial charge is 0.319 e. The van der Waals surface area contributed by atoms with Gasteiger partial charge in [0.25, 0.3) is 11.8 Å². The first kappa shape index (κ1) is 13.0. The molecule has 0 spiro atoms. The van der Waals surface area contributed by atoms with E-state index >= 15 is 0 Å². The normalized spacial score (nSPS) is 19.4. The molecule has 1 atom stereocenters. The molecule has 1 aliphatic heterocycles. The molecule has 0 aromatic heterocycles. The molecule has 1 saturated heterocycles. The van der Waals surface area contributed by atoms with Crippen molar-refractivity contribution in [2.24, 2.45) is 5.73 Å². The summed E-state index contributed by atoms with van der Waals surface area (Å²) in [6.45, 7) is 4.29. The van der Waals surface area contributed by atoms with Crippen LogP contribution in [0.1, 0.15) is 13.3 Å². The Hall–Kier alpha value is -2.06. The molecule has 1 rings (SSSR count). The lowest BCUT2D eigenvalue weighted by Gasteiger charge is -2.23. The second-order valence-corrected chi connectivity index (χ2v) is 3.37. The number of hydrogen-bond acceptors (Lipinski definition) is 6. The van der Waals surface area contributed by atoms with Gasteiger partial charge >= 0.3 is 0 Å². The lowest BCUT2D eigenvalue weighted by atomic mass is 10.3. The van der Waals surface area contributed by atoms with Crippen LogP contribution in [0.4, 0.5) is 0 Å². The highest BCUT2D eigenvalue weighted by Crippen LogP contribution is 2.08. The molecule has 8 nitrogen and oxygen atoms in total. The minimum Gasteiger partial charge on any atom is -0.319 e. The molecule has 1 aliphatic rings. The molecule has 1 fully saturated rings. The summed E-state index contributed by atoms with van der Waals surface area (Å²) >= 11 is 0. The van der Waals surface area contributed by atoms with Crippen molar-refractivity contribution in [1.82, 2.24) is 15.6 Å². The van der Waals surface area contributed by atoms with Gasteiger partial charge in [-0.15, -0.1) is 5.53 Å². The number of hydrazine groups is 2. The molecule has 0 radical (unpaired) electrons. The number of carbonyl (C=O) groups excluding carboxylic acids is 4. The highest BCUT2D eigenvalue weighted by Gasteiger charge is 2.38. The van der Waals surface area contributed by atoms with Crippen LogP contribution in [0.25, 0.3) is 0 Å². The Morgan fingerprint density at radius 1 is 1.59 bits per heavy atom. The third-order valence-corrected chi connectivity index (χ3v) is 2.09. The zero-order chi connectivity index (χ0) is 13.2. The predicted octanol–water partition coefficient (Wildman–Crippen LogP) is -1.95. The number of nitrogens with zero attached hydrogens (tertiary/aromatic N) is 2. The van der Waals surface area contributed by atoms with Crippen molar-refractivity contribution in [1.29, 1.82) is 0 Å². The Morgan fingerprint density at radius 2 is 2.18 bits per heavy atom. The van der Waals surface area contributed by atoms with Crippen LogP contribution in [0.15, 0.2) is 12.7 Å². The summed E-state index contributed by atoms with van der Waals surface area (Å²) in [7, 11) is 0. The van der Waals surface area contributed by atoms with E-state index in [9.17, 15) is 19.2 Å². The summed E-state index contributed by atoms with van der Waals surface area (Å²) in [6.07, 6.45) is 0.708. The molecule has 1 heterocycles. The van der Waals surface area contributed by atoms with Gasteiger partial charge in [0.15, 0.2) is 0 Å². The highest BCUT2D eigenvalue weighted by molar-refractivity contribution is 6.06. The van der Waals surface area contributed by atoms with Crippen LogP contribution in [-0.4, -0.2) is 39.7 Å². The third-order valence-electron chi connectivity index (χ3n) is 2.09.